The lowest BCUT2D eigenvalue weighted by Crippen LogP contribution is -2.20. The monoisotopic (exact) mass is 200 g/mol. The molecule has 1 heterocycles. The Labute approximate surface area is 78.9 Å². The first-order chi connectivity index (χ1) is 6.69. The smallest absolute Gasteiger partial charge is 0.207 e. The van der Waals surface area contributed by atoms with Crippen LogP contribution in [-0.4, -0.2) is 18.5 Å². The fraction of sp³-hybridized carbons (Fsp3) is 0.250. The SMILES string of the molecule is COc1cc(=O)c(CNC=O)c(F)[nH]1. The molecule has 0 atom stereocenters. The summed E-state index contributed by atoms with van der Waals surface area (Å²) in [5, 5.41) is 2.20. The van der Waals surface area contributed by atoms with Crippen LogP contribution in [0.1, 0.15) is 5.56 Å². The molecule has 1 rings (SSSR count). The van der Waals surface area contributed by atoms with E-state index in [0.717, 1.165) is 6.07 Å². The Kier molecular flexibility index (Phi) is 3.22. The topological polar surface area (TPSA) is 71.2 Å². The molecule has 0 aliphatic rings. The van der Waals surface area contributed by atoms with E-state index in [0.29, 0.717) is 6.41 Å². The van der Waals surface area contributed by atoms with E-state index in [1.165, 1.54) is 7.11 Å². The lowest BCUT2D eigenvalue weighted by molar-refractivity contribution is -0.109. The summed E-state index contributed by atoms with van der Waals surface area (Å²) in [6.45, 7) is -0.144. The van der Waals surface area contributed by atoms with Gasteiger partial charge < -0.3 is 15.0 Å². The number of carbonyl (C=O) groups excluding carboxylic acids is 1. The Morgan fingerprint density at radius 1 is 1.71 bits per heavy atom. The number of carbonyl (C=O) groups is 1. The molecule has 0 aliphatic heterocycles. The third-order valence-corrected chi connectivity index (χ3v) is 1.64. The van der Waals surface area contributed by atoms with Crippen LogP contribution in [0.5, 0.6) is 5.88 Å². The number of hydrogen-bond acceptors (Lipinski definition) is 3. The van der Waals surface area contributed by atoms with Crippen molar-refractivity contribution in [1.82, 2.24) is 10.3 Å². The number of aromatic nitrogens is 1. The lowest BCUT2D eigenvalue weighted by atomic mass is 10.2. The molecule has 0 fully saturated rings. The van der Waals surface area contributed by atoms with Crippen LogP contribution >= 0.6 is 0 Å². The van der Waals surface area contributed by atoms with Gasteiger partial charge in [0.25, 0.3) is 0 Å². The molecule has 76 valence electrons. The zero-order chi connectivity index (χ0) is 10.6. The molecule has 0 saturated heterocycles. The second-order valence-corrected chi connectivity index (χ2v) is 2.49. The number of pyridine rings is 1. The highest BCUT2D eigenvalue weighted by molar-refractivity contribution is 5.46. The molecule has 0 bridgehead atoms. The van der Waals surface area contributed by atoms with Gasteiger partial charge in [-0.05, 0) is 0 Å². The standard InChI is InChI=1S/C8H9FN2O3/c1-14-7-2-6(13)5(3-10-4-12)8(9)11-7/h2,4H,3H2,1H3,(H,10,12)(H,11,13). The van der Waals surface area contributed by atoms with E-state index in [-0.39, 0.29) is 18.0 Å². The largest absolute Gasteiger partial charge is 0.482 e. The fourth-order valence-electron chi connectivity index (χ4n) is 0.952. The number of nitrogens with one attached hydrogen (secondary N) is 2. The lowest BCUT2D eigenvalue weighted by Gasteiger charge is -2.03. The average Bonchev–Trinajstić information content (AvgIpc) is 2.16. The summed E-state index contributed by atoms with van der Waals surface area (Å²) in [6, 6.07) is 1.12. The minimum atomic E-state index is -0.802. The van der Waals surface area contributed by atoms with Gasteiger partial charge in [0.05, 0.1) is 19.2 Å². The van der Waals surface area contributed by atoms with Crippen molar-refractivity contribution < 1.29 is 13.9 Å². The van der Waals surface area contributed by atoms with E-state index >= 15 is 0 Å². The van der Waals surface area contributed by atoms with Gasteiger partial charge in [-0.15, -0.1) is 0 Å². The van der Waals surface area contributed by atoms with Gasteiger partial charge in [-0.1, -0.05) is 0 Å². The van der Waals surface area contributed by atoms with E-state index in [1.54, 1.807) is 0 Å². The predicted octanol–water partition coefficient (Wildman–Crippen LogP) is -0.231. The summed E-state index contributed by atoms with van der Waals surface area (Å²) in [5.41, 5.74) is -0.648. The van der Waals surface area contributed by atoms with Crippen molar-refractivity contribution >= 4 is 6.41 Å². The number of H-pyrrole nitrogens is 1. The molecule has 5 nitrogen and oxygen atoms in total. The van der Waals surface area contributed by atoms with Crippen molar-refractivity contribution in [3.63, 3.8) is 0 Å². The first-order valence-corrected chi connectivity index (χ1v) is 3.81. The van der Waals surface area contributed by atoms with E-state index in [1.807, 2.05) is 0 Å². The van der Waals surface area contributed by atoms with Gasteiger partial charge in [-0.3, -0.25) is 9.59 Å². The molecule has 6 heteroatoms. The number of ether oxygens (including phenoxy) is 1. The Morgan fingerprint density at radius 3 is 2.93 bits per heavy atom. The summed E-state index contributed by atoms with van der Waals surface area (Å²) < 4.78 is 17.8. The molecule has 0 spiro atoms. The number of halogens is 1. The molecule has 0 saturated carbocycles. The zero-order valence-electron chi connectivity index (χ0n) is 7.46. The maximum atomic E-state index is 13.1. The van der Waals surface area contributed by atoms with Crippen LogP contribution < -0.4 is 15.5 Å². The summed E-state index contributed by atoms with van der Waals surface area (Å²) in [7, 11) is 1.31. The van der Waals surface area contributed by atoms with Crippen LogP contribution in [0.15, 0.2) is 10.9 Å². The molecule has 1 aromatic heterocycles. The highest BCUT2D eigenvalue weighted by Gasteiger charge is 2.08. The maximum Gasteiger partial charge on any atom is 0.207 e. The minimum absolute atomic E-state index is 0.0438. The van der Waals surface area contributed by atoms with Gasteiger partial charge in [0.2, 0.25) is 12.4 Å². The molecule has 0 radical (unpaired) electrons. The van der Waals surface area contributed by atoms with Crippen molar-refractivity contribution in [2.45, 2.75) is 6.54 Å². The second kappa shape index (κ2) is 4.40. The quantitative estimate of drug-likeness (QED) is 0.521. The number of methoxy groups -OCH3 is 1. The summed E-state index contributed by atoms with van der Waals surface area (Å²) >= 11 is 0. The Balaban J connectivity index is 3.05. The molecule has 0 aromatic carbocycles. The third kappa shape index (κ3) is 2.09. The number of amides is 1. The van der Waals surface area contributed by atoms with Crippen LogP contribution in [0.2, 0.25) is 0 Å². The van der Waals surface area contributed by atoms with Gasteiger partial charge in [0, 0.05) is 6.07 Å². The molecule has 1 aromatic rings. The average molecular weight is 200 g/mol. The van der Waals surface area contributed by atoms with E-state index in [2.05, 4.69) is 15.0 Å². The maximum absolute atomic E-state index is 13.1. The molecule has 14 heavy (non-hydrogen) atoms. The highest BCUT2D eigenvalue weighted by atomic mass is 19.1. The predicted molar refractivity (Wildman–Crippen MR) is 46.5 cm³/mol. The van der Waals surface area contributed by atoms with Crippen molar-refractivity contribution in [3.8, 4) is 5.88 Å². The minimum Gasteiger partial charge on any atom is -0.482 e. The molecule has 1 amide bonds. The Hall–Kier alpha value is -1.85. The van der Waals surface area contributed by atoms with Gasteiger partial charge in [0.15, 0.2) is 11.3 Å². The number of aromatic amines is 1. The van der Waals surface area contributed by atoms with E-state index < -0.39 is 11.4 Å². The van der Waals surface area contributed by atoms with Crippen LogP contribution in [-0.2, 0) is 11.3 Å². The van der Waals surface area contributed by atoms with Crippen LogP contribution in [0.25, 0.3) is 0 Å². The molecule has 0 unspecified atom stereocenters. The molecular weight excluding hydrogens is 191 g/mol. The number of rotatable bonds is 4. The Bertz CT molecular complexity index is 389. The first kappa shape index (κ1) is 10.2. The van der Waals surface area contributed by atoms with Crippen molar-refractivity contribution in [2.24, 2.45) is 0 Å². The third-order valence-electron chi connectivity index (χ3n) is 1.64. The normalized spacial score (nSPS) is 9.57. The van der Waals surface area contributed by atoms with E-state index in [9.17, 15) is 14.0 Å². The van der Waals surface area contributed by atoms with Gasteiger partial charge >= 0.3 is 0 Å². The van der Waals surface area contributed by atoms with Crippen molar-refractivity contribution in [3.05, 3.63) is 27.8 Å². The summed E-state index contributed by atoms with van der Waals surface area (Å²) in [5.74, 6) is -0.758. The van der Waals surface area contributed by atoms with Crippen LogP contribution in [0.4, 0.5) is 4.39 Å². The first-order valence-electron chi connectivity index (χ1n) is 3.81. The molecule has 0 aliphatic carbocycles. The second-order valence-electron chi connectivity index (χ2n) is 2.49. The number of hydrogen-bond donors (Lipinski definition) is 2. The van der Waals surface area contributed by atoms with Crippen LogP contribution in [0.3, 0.4) is 0 Å². The van der Waals surface area contributed by atoms with E-state index in [4.69, 9.17) is 0 Å². The molecular formula is C8H9FN2O3. The molecule has 2 N–H and O–H groups in total. The van der Waals surface area contributed by atoms with Gasteiger partial charge in [-0.25, -0.2) is 0 Å². The highest BCUT2D eigenvalue weighted by Crippen LogP contribution is 2.05. The van der Waals surface area contributed by atoms with Crippen molar-refractivity contribution in [1.29, 1.82) is 0 Å². The summed E-state index contributed by atoms with van der Waals surface area (Å²) in [6.07, 6.45) is 0.392. The zero-order valence-corrected chi connectivity index (χ0v) is 7.46. The van der Waals surface area contributed by atoms with Gasteiger partial charge in [0.1, 0.15) is 0 Å². The Morgan fingerprint density at radius 2 is 2.43 bits per heavy atom. The van der Waals surface area contributed by atoms with Gasteiger partial charge in [-0.2, -0.15) is 4.39 Å². The van der Waals surface area contributed by atoms with Crippen molar-refractivity contribution in [2.75, 3.05) is 7.11 Å². The summed E-state index contributed by atoms with van der Waals surface area (Å²) in [4.78, 5) is 23.4. The van der Waals surface area contributed by atoms with Crippen LogP contribution in [0, 0.1) is 5.95 Å². The fourth-order valence-corrected chi connectivity index (χ4v) is 0.952.